The van der Waals surface area contributed by atoms with Gasteiger partial charge in [0, 0.05) is 47.2 Å². The van der Waals surface area contributed by atoms with Gasteiger partial charge in [-0.1, -0.05) is 30.3 Å². The van der Waals surface area contributed by atoms with E-state index < -0.39 is 0 Å². The van der Waals surface area contributed by atoms with E-state index in [9.17, 15) is 0 Å². The van der Waals surface area contributed by atoms with Crippen LogP contribution in [0.5, 0.6) is 0 Å². The fourth-order valence-electron chi connectivity index (χ4n) is 3.41. The third-order valence-corrected chi connectivity index (χ3v) is 4.85. The highest BCUT2D eigenvalue weighted by atomic mass is 16.3. The third kappa shape index (κ3) is 2.93. The number of para-hydroxylation sites is 1. The molecule has 3 N–H and O–H groups in total. The Bertz CT molecular complexity index is 1250. The molecule has 0 saturated heterocycles. The number of hydrogen-bond donors (Lipinski definition) is 2. The Morgan fingerprint density at radius 2 is 1.79 bits per heavy atom. The van der Waals surface area contributed by atoms with Crippen LogP contribution in [0.15, 0.2) is 83.7 Å². The molecule has 0 aliphatic rings. The Hall–Kier alpha value is -3.86. The highest BCUT2D eigenvalue weighted by molar-refractivity contribution is 6.01. The highest BCUT2D eigenvalue weighted by Gasteiger charge is 2.12. The van der Waals surface area contributed by atoms with Crippen LogP contribution in [0, 0.1) is 0 Å². The Morgan fingerprint density at radius 1 is 0.929 bits per heavy atom. The number of nitrogens with two attached hydrogens (primary N) is 1. The normalized spacial score (nSPS) is 11.1. The minimum atomic E-state index is 0.517. The molecule has 5 heteroatoms. The third-order valence-electron chi connectivity index (χ3n) is 4.85. The molecule has 5 rings (SSSR count). The first kappa shape index (κ1) is 16.3. The summed E-state index contributed by atoms with van der Waals surface area (Å²) < 4.78 is 6.07. The van der Waals surface area contributed by atoms with Gasteiger partial charge in [-0.25, -0.2) is 4.98 Å². The first-order chi connectivity index (χ1) is 13.8. The average Bonchev–Trinajstić information content (AvgIpc) is 3.17. The van der Waals surface area contributed by atoms with E-state index in [4.69, 9.17) is 10.2 Å². The Balaban J connectivity index is 1.58. The molecule has 0 bridgehead atoms. The van der Waals surface area contributed by atoms with Crippen molar-refractivity contribution in [3.63, 3.8) is 0 Å². The molecule has 3 aromatic heterocycles. The second-order valence-corrected chi connectivity index (χ2v) is 6.67. The minimum absolute atomic E-state index is 0.517. The van der Waals surface area contributed by atoms with Crippen molar-refractivity contribution >= 4 is 33.2 Å². The van der Waals surface area contributed by atoms with Gasteiger partial charge in [-0.05, 0) is 41.3 Å². The fraction of sp³-hybridized carbons (Fsp3) is 0.0435. The van der Waals surface area contributed by atoms with Gasteiger partial charge in [0.15, 0.2) is 0 Å². The van der Waals surface area contributed by atoms with Gasteiger partial charge in [0.25, 0.3) is 0 Å². The van der Waals surface area contributed by atoms with Gasteiger partial charge in [-0.2, -0.15) is 0 Å². The first-order valence-corrected chi connectivity index (χ1v) is 9.08. The molecule has 136 valence electrons. The van der Waals surface area contributed by atoms with Crippen molar-refractivity contribution in [1.82, 2.24) is 9.97 Å². The van der Waals surface area contributed by atoms with Crippen molar-refractivity contribution in [2.24, 2.45) is 0 Å². The number of nitrogen functional groups attached to an aromatic ring is 1. The number of furan rings is 1. The summed E-state index contributed by atoms with van der Waals surface area (Å²) in [5, 5.41) is 6.43. The van der Waals surface area contributed by atoms with E-state index in [1.54, 1.807) is 18.6 Å². The molecule has 0 spiro atoms. The molecule has 0 aliphatic carbocycles. The fourth-order valence-corrected chi connectivity index (χ4v) is 3.41. The van der Waals surface area contributed by atoms with E-state index in [0.717, 1.165) is 44.3 Å². The van der Waals surface area contributed by atoms with Crippen molar-refractivity contribution in [3.8, 4) is 11.3 Å². The topological polar surface area (TPSA) is 77.0 Å². The van der Waals surface area contributed by atoms with Gasteiger partial charge in [0.1, 0.15) is 17.2 Å². The molecule has 0 saturated carbocycles. The number of anilines is 2. The standard InChI is InChI=1S/C23H18N4O/c24-23-18-6-5-15(13-26-17-7-9-25-10-8-17)11-19(18)20(14-27-23)22-12-16-3-1-2-4-21(16)28-22/h1-12,14H,13H2,(H2,24,27)(H,25,26). The number of rotatable bonds is 4. The molecule has 0 amide bonds. The Labute approximate surface area is 161 Å². The number of aromatic nitrogens is 2. The predicted molar refractivity (Wildman–Crippen MR) is 113 cm³/mol. The van der Waals surface area contributed by atoms with E-state index in [1.165, 1.54) is 0 Å². The molecule has 5 nitrogen and oxygen atoms in total. The molecule has 28 heavy (non-hydrogen) atoms. The monoisotopic (exact) mass is 366 g/mol. The van der Waals surface area contributed by atoms with Gasteiger partial charge in [0.05, 0.1) is 0 Å². The van der Waals surface area contributed by atoms with Gasteiger partial charge < -0.3 is 15.5 Å². The zero-order chi connectivity index (χ0) is 18.9. The van der Waals surface area contributed by atoms with Crippen LogP contribution >= 0.6 is 0 Å². The highest BCUT2D eigenvalue weighted by Crippen LogP contribution is 2.34. The van der Waals surface area contributed by atoms with E-state index >= 15 is 0 Å². The lowest BCUT2D eigenvalue weighted by Gasteiger charge is -2.10. The number of benzene rings is 2. The summed E-state index contributed by atoms with van der Waals surface area (Å²) in [5.74, 6) is 1.31. The molecule has 3 heterocycles. The van der Waals surface area contributed by atoms with E-state index in [1.807, 2.05) is 48.5 Å². The van der Waals surface area contributed by atoms with Crippen LogP contribution in [0.3, 0.4) is 0 Å². The van der Waals surface area contributed by atoms with Gasteiger partial charge >= 0.3 is 0 Å². The van der Waals surface area contributed by atoms with Crippen LogP contribution in [0.2, 0.25) is 0 Å². The summed E-state index contributed by atoms with van der Waals surface area (Å²) in [6.45, 7) is 0.696. The summed E-state index contributed by atoms with van der Waals surface area (Å²) in [6, 6.07) is 20.2. The molecule has 5 aromatic rings. The Kier molecular flexibility index (Phi) is 3.91. The number of hydrogen-bond acceptors (Lipinski definition) is 5. The van der Waals surface area contributed by atoms with Crippen molar-refractivity contribution in [1.29, 1.82) is 0 Å². The molecule has 0 unspecified atom stereocenters. The zero-order valence-electron chi connectivity index (χ0n) is 15.1. The predicted octanol–water partition coefficient (Wildman–Crippen LogP) is 5.24. The SMILES string of the molecule is Nc1ncc(-c2cc3ccccc3o2)c2cc(CNc3ccncc3)ccc12. The molecule has 0 radical (unpaired) electrons. The molecule has 2 aromatic carbocycles. The quantitative estimate of drug-likeness (QED) is 0.455. The number of fused-ring (bicyclic) bond motifs is 2. The lowest BCUT2D eigenvalue weighted by molar-refractivity contribution is 0.632. The van der Waals surface area contributed by atoms with Crippen LogP contribution in [-0.4, -0.2) is 9.97 Å². The average molecular weight is 366 g/mol. The minimum Gasteiger partial charge on any atom is -0.456 e. The van der Waals surface area contributed by atoms with Crippen molar-refractivity contribution in [3.05, 3.63) is 84.8 Å². The lowest BCUT2D eigenvalue weighted by Crippen LogP contribution is -2.00. The molecule has 0 fully saturated rings. The maximum Gasteiger partial charge on any atom is 0.137 e. The zero-order valence-corrected chi connectivity index (χ0v) is 15.1. The molecule has 0 aliphatic heterocycles. The second kappa shape index (κ2) is 6.70. The van der Waals surface area contributed by atoms with Crippen molar-refractivity contribution in [2.45, 2.75) is 6.54 Å². The van der Waals surface area contributed by atoms with Crippen molar-refractivity contribution < 1.29 is 4.42 Å². The van der Waals surface area contributed by atoms with Gasteiger partial charge in [-0.15, -0.1) is 0 Å². The number of nitrogens with one attached hydrogen (secondary N) is 1. The van der Waals surface area contributed by atoms with Gasteiger partial charge in [0.2, 0.25) is 0 Å². The first-order valence-electron chi connectivity index (χ1n) is 9.08. The van der Waals surface area contributed by atoms with E-state index in [-0.39, 0.29) is 0 Å². The summed E-state index contributed by atoms with van der Waals surface area (Å²) >= 11 is 0. The van der Waals surface area contributed by atoms with Gasteiger partial charge in [-0.3, -0.25) is 4.98 Å². The maximum absolute atomic E-state index is 6.13. The molecule has 0 atom stereocenters. The second-order valence-electron chi connectivity index (χ2n) is 6.67. The van der Waals surface area contributed by atoms with Crippen LogP contribution in [0.25, 0.3) is 33.1 Å². The lowest BCUT2D eigenvalue weighted by atomic mass is 10.0. The number of pyridine rings is 2. The van der Waals surface area contributed by atoms with Crippen LogP contribution in [0.4, 0.5) is 11.5 Å². The summed E-state index contributed by atoms with van der Waals surface area (Å²) in [4.78, 5) is 8.42. The van der Waals surface area contributed by atoms with Crippen LogP contribution < -0.4 is 11.1 Å². The molecular weight excluding hydrogens is 348 g/mol. The smallest absolute Gasteiger partial charge is 0.137 e. The summed E-state index contributed by atoms with van der Waals surface area (Å²) in [6.07, 6.45) is 5.33. The largest absolute Gasteiger partial charge is 0.456 e. The maximum atomic E-state index is 6.13. The summed E-state index contributed by atoms with van der Waals surface area (Å²) in [5.41, 5.74) is 10.1. The Morgan fingerprint density at radius 3 is 2.64 bits per heavy atom. The van der Waals surface area contributed by atoms with Crippen LogP contribution in [0.1, 0.15) is 5.56 Å². The molecular formula is C23H18N4O. The van der Waals surface area contributed by atoms with E-state index in [2.05, 4.69) is 27.4 Å². The van der Waals surface area contributed by atoms with E-state index in [0.29, 0.717) is 12.4 Å². The number of nitrogens with zero attached hydrogens (tertiary/aromatic N) is 2. The van der Waals surface area contributed by atoms with Crippen molar-refractivity contribution in [2.75, 3.05) is 11.1 Å². The van der Waals surface area contributed by atoms with Crippen LogP contribution in [-0.2, 0) is 6.54 Å². The summed E-state index contributed by atoms with van der Waals surface area (Å²) in [7, 11) is 0.